The average molecular weight is 284 g/mol. The highest BCUT2D eigenvalue weighted by Crippen LogP contribution is 2.26. The van der Waals surface area contributed by atoms with Crippen molar-refractivity contribution in [2.75, 3.05) is 5.73 Å². The molecule has 0 saturated heterocycles. The summed E-state index contributed by atoms with van der Waals surface area (Å²) in [6.07, 6.45) is 0. The van der Waals surface area contributed by atoms with E-state index in [9.17, 15) is 8.42 Å². The second-order valence-electron chi connectivity index (χ2n) is 3.62. The van der Waals surface area contributed by atoms with Crippen LogP contribution in [0.25, 0.3) is 0 Å². The molecule has 0 atom stereocenters. The second-order valence-corrected chi connectivity index (χ2v) is 6.18. The number of anilines is 1. The summed E-state index contributed by atoms with van der Waals surface area (Å²) in [5.41, 5.74) is 5.86. The molecule has 96 valence electrons. The minimum absolute atomic E-state index is 0.0981. The highest BCUT2D eigenvalue weighted by Gasteiger charge is 2.15. The smallest absolute Gasteiger partial charge is 0.241 e. The van der Waals surface area contributed by atoms with Crippen molar-refractivity contribution in [3.8, 4) is 5.75 Å². The number of thiophene rings is 1. The van der Waals surface area contributed by atoms with Crippen LogP contribution >= 0.6 is 11.3 Å². The van der Waals surface area contributed by atoms with Crippen LogP contribution in [0.2, 0.25) is 0 Å². The molecular formula is C11H12N2O3S2. The molecule has 2 aromatic rings. The molecule has 1 aromatic carbocycles. The van der Waals surface area contributed by atoms with Gasteiger partial charge < -0.3 is 10.5 Å². The van der Waals surface area contributed by atoms with E-state index in [2.05, 4.69) is 0 Å². The van der Waals surface area contributed by atoms with Gasteiger partial charge in [0.05, 0.1) is 0 Å². The number of ether oxygens (including phenoxy) is 1. The van der Waals surface area contributed by atoms with Crippen LogP contribution < -0.4 is 15.6 Å². The van der Waals surface area contributed by atoms with Gasteiger partial charge in [-0.2, -0.15) is 0 Å². The van der Waals surface area contributed by atoms with Crippen LogP contribution in [0.15, 0.2) is 40.6 Å². The fourth-order valence-electron chi connectivity index (χ4n) is 1.41. The summed E-state index contributed by atoms with van der Waals surface area (Å²) in [5.74, 6) is 0.208. The summed E-state index contributed by atoms with van der Waals surface area (Å²) in [7, 11) is -3.85. The largest absolute Gasteiger partial charge is 0.487 e. The molecule has 18 heavy (non-hydrogen) atoms. The molecule has 5 nitrogen and oxygen atoms in total. The predicted octanol–water partition coefficient (Wildman–Crippen LogP) is 1.56. The number of nitrogens with two attached hydrogens (primary N) is 2. The predicted molar refractivity (Wildman–Crippen MR) is 70.9 cm³/mol. The first-order valence-corrected chi connectivity index (χ1v) is 7.47. The average Bonchev–Trinajstić information content (AvgIpc) is 2.79. The molecule has 0 bridgehead atoms. The van der Waals surface area contributed by atoms with Gasteiger partial charge in [0, 0.05) is 10.6 Å². The molecule has 0 spiro atoms. The Balaban J connectivity index is 2.27. The first-order chi connectivity index (χ1) is 8.47. The topological polar surface area (TPSA) is 95.4 Å². The van der Waals surface area contributed by atoms with Crippen LogP contribution in [0.5, 0.6) is 5.75 Å². The van der Waals surface area contributed by atoms with Crippen LogP contribution in [0.4, 0.5) is 5.69 Å². The Morgan fingerprint density at radius 1 is 1.28 bits per heavy atom. The summed E-state index contributed by atoms with van der Waals surface area (Å²) < 4.78 is 28.3. The zero-order valence-electron chi connectivity index (χ0n) is 9.37. The Bertz CT molecular complexity index is 636. The maximum absolute atomic E-state index is 11.4. The molecule has 0 radical (unpaired) electrons. The molecule has 0 fully saturated rings. The van der Waals surface area contributed by atoms with Crippen molar-refractivity contribution in [3.63, 3.8) is 0 Å². The lowest BCUT2D eigenvalue weighted by molar-refractivity contribution is 0.301. The number of hydrogen-bond donors (Lipinski definition) is 2. The number of benzene rings is 1. The first kappa shape index (κ1) is 12.9. The highest BCUT2D eigenvalue weighted by molar-refractivity contribution is 7.89. The quantitative estimate of drug-likeness (QED) is 0.833. The standard InChI is InChI=1S/C11H12N2O3S2/c12-8-3-4-10(11(6-8)18(13,14)15)16-7-9-2-1-5-17-9/h1-6H,7,12H2,(H2,13,14,15). The summed E-state index contributed by atoms with van der Waals surface area (Å²) in [4.78, 5) is 0.895. The van der Waals surface area contributed by atoms with E-state index in [1.807, 2.05) is 17.5 Å². The van der Waals surface area contributed by atoms with E-state index in [1.54, 1.807) is 6.07 Å². The minimum Gasteiger partial charge on any atom is -0.487 e. The van der Waals surface area contributed by atoms with Crippen LogP contribution in [-0.2, 0) is 16.6 Å². The van der Waals surface area contributed by atoms with Crippen molar-refractivity contribution in [1.82, 2.24) is 0 Å². The number of nitrogen functional groups attached to an aromatic ring is 1. The van der Waals surface area contributed by atoms with Crippen LogP contribution in [0.1, 0.15) is 4.88 Å². The van der Waals surface area contributed by atoms with Gasteiger partial charge in [0.2, 0.25) is 10.0 Å². The van der Waals surface area contributed by atoms with Gasteiger partial charge in [-0.1, -0.05) is 6.07 Å². The Morgan fingerprint density at radius 3 is 2.67 bits per heavy atom. The molecule has 0 aliphatic rings. The zero-order valence-corrected chi connectivity index (χ0v) is 11.0. The van der Waals surface area contributed by atoms with Crippen molar-refractivity contribution >= 4 is 27.0 Å². The number of rotatable bonds is 4. The van der Waals surface area contributed by atoms with E-state index >= 15 is 0 Å². The molecule has 0 aliphatic heterocycles. The SMILES string of the molecule is Nc1ccc(OCc2cccs2)c(S(N)(=O)=O)c1. The Morgan fingerprint density at radius 2 is 2.06 bits per heavy atom. The Kier molecular flexibility index (Phi) is 3.55. The van der Waals surface area contributed by atoms with Crippen molar-refractivity contribution in [3.05, 3.63) is 40.6 Å². The van der Waals surface area contributed by atoms with Crippen LogP contribution in [-0.4, -0.2) is 8.42 Å². The summed E-state index contributed by atoms with van der Waals surface area (Å²) in [5, 5.41) is 7.03. The van der Waals surface area contributed by atoms with E-state index in [1.165, 1.54) is 23.5 Å². The molecule has 7 heteroatoms. The lowest BCUT2D eigenvalue weighted by Gasteiger charge is -2.10. The second kappa shape index (κ2) is 4.97. The molecule has 0 unspecified atom stereocenters. The fourth-order valence-corrected chi connectivity index (χ4v) is 2.73. The molecule has 0 aliphatic carbocycles. The van der Waals surface area contributed by atoms with E-state index in [0.717, 1.165) is 4.88 Å². The third kappa shape index (κ3) is 3.00. The molecule has 1 aromatic heterocycles. The first-order valence-electron chi connectivity index (χ1n) is 5.04. The van der Waals surface area contributed by atoms with Gasteiger partial charge >= 0.3 is 0 Å². The molecule has 4 N–H and O–H groups in total. The fraction of sp³-hybridized carbons (Fsp3) is 0.0909. The molecule has 1 heterocycles. The van der Waals surface area contributed by atoms with Gasteiger partial charge in [0.1, 0.15) is 17.3 Å². The van der Waals surface area contributed by atoms with Gasteiger partial charge in [-0.25, -0.2) is 13.6 Å². The van der Waals surface area contributed by atoms with Crippen molar-refractivity contribution in [2.45, 2.75) is 11.5 Å². The minimum atomic E-state index is -3.85. The van der Waals surface area contributed by atoms with E-state index < -0.39 is 10.0 Å². The summed E-state index contributed by atoms with van der Waals surface area (Å²) >= 11 is 1.53. The lowest BCUT2D eigenvalue weighted by Crippen LogP contribution is -2.14. The van der Waals surface area contributed by atoms with E-state index in [-0.39, 0.29) is 10.6 Å². The van der Waals surface area contributed by atoms with Crippen LogP contribution in [0.3, 0.4) is 0 Å². The monoisotopic (exact) mass is 284 g/mol. The van der Waals surface area contributed by atoms with Gasteiger partial charge in [-0.3, -0.25) is 0 Å². The van der Waals surface area contributed by atoms with Crippen molar-refractivity contribution in [1.29, 1.82) is 0 Å². The van der Waals surface area contributed by atoms with Gasteiger partial charge in [-0.05, 0) is 29.6 Å². The maximum Gasteiger partial charge on any atom is 0.241 e. The van der Waals surface area contributed by atoms with Gasteiger partial charge in [0.25, 0.3) is 0 Å². The van der Waals surface area contributed by atoms with E-state index in [0.29, 0.717) is 12.3 Å². The van der Waals surface area contributed by atoms with Crippen molar-refractivity contribution < 1.29 is 13.2 Å². The van der Waals surface area contributed by atoms with Gasteiger partial charge in [-0.15, -0.1) is 11.3 Å². The van der Waals surface area contributed by atoms with Crippen molar-refractivity contribution in [2.24, 2.45) is 5.14 Å². The van der Waals surface area contributed by atoms with E-state index in [4.69, 9.17) is 15.6 Å². The number of sulfonamides is 1. The Labute approximate surface area is 109 Å². The third-order valence-electron chi connectivity index (χ3n) is 2.22. The molecule has 0 amide bonds. The number of primary sulfonamides is 1. The maximum atomic E-state index is 11.4. The molecule has 2 rings (SSSR count). The highest BCUT2D eigenvalue weighted by atomic mass is 32.2. The Hall–Kier alpha value is -1.57. The third-order valence-corrected chi connectivity index (χ3v) is 4.01. The lowest BCUT2D eigenvalue weighted by atomic mass is 10.3. The summed E-state index contributed by atoms with van der Waals surface area (Å²) in [6.45, 7) is 0.296. The molecular weight excluding hydrogens is 272 g/mol. The molecule has 0 saturated carbocycles. The van der Waals surface area contributed by atoms with Crippen LogP contribution in [0, 0.1) is 0 Å². The summed E-state index contributed by atoms with van der Waals surface area (Å²) in [6, 6.07) is 8.16. The number of hydrogen-bond acceptors (Lipinski definition) is 5. The zero-order chi connectivity index (χ0) is 13.2. The normalized spacial score (nSPS) is 11.4. The van der Waals surface area contributed by atoms with Gasteiger partial charge in [0.15, 0.2) is 0 Å².